The zero-order valence-electron chi connectivity index (χ0n) is 15.2. The Morgan fingerprint density at radius 1 is 1.07 bits per heavy atom. The molecule has 4 rings (SSSR count). The van der Waals surface area contributed by atoms with Gasteiger partial charge >= 0.3 is 6.18 Å². The second-order valence-electron chi connectivity index (χ2n) is 7.51. The number of likely N-dealkylation sites (tertiary alicyclic amines) is 1. The molecule has 1 atom stereocenters. The lowest BCUT2D eigenvalue weighted by Crippen LogP contribution is -2.53. The summed E-state index contributed by atoms with van der Waals surface area (Å²) in [5, 5.41) is 3.37. The van der Waals surface area contributed by atoms with Crippen LogP contribution in [0.4, 0.5) is 18.9 Å². The molecule has 28 heavy (non-hydrogen) atoms. The molecular formula is C17H21ClF3N5O2. The number of rotatable bonds is 4. The Kier molecular flexibility index (Phi) is 5.03. The van der Waals surface area contributed by atoms with Gasteiger partial charge in [0.05, 0.1) is 17.9 Å². The average molecular weight is 420 g/mol. The van der Waals surface area contributed by atoms with E-state index in [0.717, 1.165) is 25.8 Å². The number of piperazine rings is 1. The first kappa shape index (κ1) is 19.5. The Balaban J connectivity index is 1.40. The van der Waals surface area contributed by atoms with Crippen molar-refractivity contribution in [3.8, 4) is 0 Å². The normalized spacial score (nSPS) is 24.3. The lowest BCUT2D eigenvalue weighted by molar-refractivity contribution is -0.143. The molecule has 3 aliphatic rings. The number of hydrogen-bond donors (Lipinski definition) is 0. The van der Waals surface area contributed by atoms with Crippen LogP contribution in [0, 0.1) is 0 Å². The quantitative estimate of drug-likeness (QED) is 0.737. The summed E-state index contributed by atoms with van der Waals surface area (Å²) >= 11 is 6.05. The van der Waals surface area contributed by atoms with Gasteiger partial charge in [-0.3, -0.25) is 14.5 Å². The molecule has 0 aromatic carbocycles. The molecule has 2 aliphatic heterocycles. The third-order valence-electron chi connectivity index (χ3n) is 5.59. The molecule has 154 valence electrons. The Labute approximate surface area is 164 Å². The van der Waals surface area contributed by atoms with Crippen molar-refractivity contribution in [3.63, 3.8) is 0 Å². The number of aromatic nitrogens is 2. The summed E-state index contributed by atoms with van der Waals surface area (Å²) < 4.78 is 37.9. The fourth-order valence-electron chi connectivity index (χ4n) is 4.01. The van der Waals surface area contributed by atoms with Crippen molar-refractivity contribution in [1.29, 1.82) is 0 Å². The summed E-state index contributed by atoms with van der Waals surface area (Å²) in [6.45, 7) is 1.63. The van der Waals surface area contributed by atoms with Crippen LogP contribution in [-0.2, 0) is 11.3 Å². The van der Waals surface area contributed by atoms with Crippen molar-refractivity contribution in [2.24, 2.45) is 0 Å². The van der Waals surface area contributed by atoms with E-state index in [1.165, 1.54) is 6.20 Å². The SMILES string of the molecule is O=C1C(N2CCN(c3cnn(CC(F)(F)F)c(=O)c3Cl)CC2)CCN1C1CC1. The molecule has 1 unspecified atom stereocenters. The Morgan fingerprint density at radius 3 is 2.36 bits per heavy atom. The van der Waals surface area contributed by atoms with E-state index in [1.807, 2.05) is 9.80 Å². The van der Waals surface area contributed by atoms with Gasteiger partial charge in [0.1, 0.15) is 11.6 Å². The predicted molar refractivity (Wildman–Crippen MR) is 96.5 cm³/mol. The number of amides is 1. The van der Waals surface area contributed by atoms with Crippen molar-refractivity contribution >= 4 is 23.2 Å². The Hall–Kier alpha value is -1.81. The molecule has 1 aliphatic carbocycles. The fourth-order valence-corrected chi connectivity index (χ4v) is 4.27. The number of anilines is 1. The van der Waals surface area contributed by atoms with Crippen LogP contribution in [0.15, 0.2) is 11.0 Å². The minimum absolute atomic E-state index is 0.101. The number of carbonyl (C=O) groups is 1. The van der Waals surface area contributed by atoms with Crippen molar-refractivity contribution in [2.75, 3.05) is 37.6 Å². The summed E-state index contributed by atoms with van der Waals surface area (Å²) in [6.07, 6.45) is -0.323. The van der Waals surface area contributed by atoms with Crippen LogP contribution in [-0.4, -0.2) is 76.5 Å². The van der Waals surface area contributed by atoms with Crippen LogP contribution in [0.1, 0.15) is 19.3 Å². The van der Waals surface area contributed by atoms with Crippen LogP contribution in [0.3, 0.4) is 0 Å². The van der Waals surface area contributed by atoms with E-state index in [-0.39, 0.29) is 17.0 Å². The summed E-state index contributed by atoms with van der Waals surface area (Å²) in [5.41, 5.74) is -0.618. The maximum Gasteiger partial charge on any atom is 0.408 e. The highest BCUT2D eigenvalue weighted by Crippen LogP contribution is 2.32. The van der Waals surface area contributed by atoms with Crippen LogP contribution in [0.25, 0.3) is 0 Å². The minimum Gasteiger partial charge on any atom is -0.366 e. The minimum atomic E-state index is -4.55. The molecule has 0 radical (unpaired) electrons. The van der Waals surface area contributed by atoms with Gasteiger partial charge in [-0.1, -0.05) is 11.6 Å². The van der Waals surface area contributed by atoms with Crippen LogP contribution >= 0.6 is 11.6 Å². The Morgan fingerprint density at radius 2 is 1.75 bits per heavy atom. The van der Waals surface area contributed by atoms with Crippen LogP contribution in [0.5, 0.6) is 0 Å². The van der Waals surface area contributed by atoms with Crippen molar-refractivity contribution in [3.05, 3.63) is 21.6 Å². The zero-order chi connectivity index (χ0) is 20.1. The summed E-state index contributed by atoms with van der Waals surface area (Å²) in [5.74, 6) is 0.199. The van der Waals surface area contributed by atoms with Crippen LogP contribution in [0.2, 0.25) is 5.02 Å². The molecular weight excluding hydrogens is 399 g/mol. The smallest absolute Gasteiger partial charge is 0.366 e. The molecule has 1 saturated carbocycles. The predicted octanol–water partition coefficient (Wildman–Crippen LogP) is 1.34. The highest BCUT2D eigenvalue weighted by atomic mass is 35.5. The molecule has 3 heterocycles. The van der Waals surface area contributed by atoms with E-state index in [0.29, 0.717) is 42.6 Å². The van der Waals surface area contributed by atoms with E-state index < -0.39 is 18.3 Å². The maximum absolute atomic E-state index is 12.6. The molecule has 3 fully saturated rings. The highest BCUT2D eigenvalue weighted by molar-refractivity contribution is 6.33. The van der Waals surface area contributed by atoms with Gasteiger partial charge in [-0.25, -0.2) is 4.68 Å². The first-order valence-electron chi connectivity index (χ1n) is 9.36. The van der Waals surface area contributed by atoms with E-state index in [4.69, 9.17) is 11.6 Å². The third-order valence-corrected chi connectivity index (χ3v) is 5.95. The molecule has 1 amide bonds. The Bertz CT molecular complexity index is 818. The molecule has 1 aromatic rings. The standard InChI is InChI=1S/C17H21ClF3N5O2/c18-14-13(9-22-26(16(14)28)10-17(19,20)21)24-7-5-23(6-8-24)12-3-4-25(15(12)27)11-1-2-11/h9,11-12H,1-8,10H2. The second-order valence-corrected chi connectivity index (χ2v) is 7.89. The van der Waals surface area contributed by atoms with Crippen LogP contribution < -0.4 is 10.5 Å². The summed E-state index contributed by atoms with van der Waals surface area (Å²) in [7, 11) is 0. The number of hydrogen-bond acceptors (Lipinski definition) is 5. The van der Waals surface area contributed by atoms with E-state index >= 15 is 0 Å². The third kappa shape index (κ3) is 3.84. The topological polar surface area (TPSA) is 61.7 Å². The van der Waals surface area contributed by atoms with Crippen molar-refractivity contribution in [1.82, 2.24) is 19.6 Å². The van der Waals surface area contributed by atoms with Crippen molar-refractivity contribution < 1.29 is 18.0 Å². The molecule has 11 heteroatoms. The number of alkyl halides is 3. The van der Waals surface area contributed by atoms with Gasteiger partial charge in [-0.2, -0.15) is 18.3 Å². The summed E-state index contributed by atoms with van der Waals surface area (Å²) in [6, 6.07) is 0.322. The maximum atomic E-state index is 12.6. The first-order valence-corrected chi connectivity index (χ1v) is 9.74. The van der Waals surface area contributed by atoms with Gasteiger partial charge in [-0.05, 0) is 19.3 Å². The molecule has 2 saturated heterocycles. The monoisotopic (exact) mass is 419 g/mol. The lowest BCUT2D eigenvalue weighted by atomic mass is 10.1. The molecule has 0 N–H and O–H groups in total. The van der Waals surface area contributed by atoms with Gasteiger partial charge < -0.3 is 9.80 Å². The summed E-state index contributed by atoms with van der Waals surface area (Å²) in [4.78, 5) is 30.7. The van der Waals surface area contributed by atoms with E-state index in [1.54, 1.807) is 0 Å². The van der Waals surface area contributed by atoms with Gasteiger partial charge in [0.25, 0.3) is 5.56 Å². The van der Waals surface area contributed by atoms with Gasteiger partial charge in [-0.15, -0.1) is 0 Å². The van der Waals surface area contributed by atoms with E-state index in [2.05, 4.69) is 10.00 Å². The van der Waals surface area contributed by atoms with Gasteiger partial charge in [0.15, 0.2) is 0 Å². The van der Waals surface area contributed by atoms with Gasteiger partial charge in [0, 0.05) is 38.8 Å². The lowest BCUT2D eigenvalue weighted by Gasteiger charge is -2.38. The molecule has 0 spiro atoms. The van der Waals surface area contributed by atoms with Gasteiger partial charge in [0.2, 0.25) is 5.91 Å². The number of carbonyl (C=O) groups excluding carboxylic acids is 1. The highest BCUT2D eigenvalue weighted by Gasteiger charge is 2.43. The average Bonchev–Trinajstić information content (AvgIpc) is 3.41. The number of nitrogens with zero attached hydrogens (tertiary/aromatic N) is 5. The van der Waals surface area contributed by atoms with Crippen molar-refractivity contribution in [2.45, 2.75) is 44.1 Å². The molecule has 7 nitrogen and oxygen atoms in total. The second kappa shape index (κ2) is 7.22. The molecule has 0 bridgehead atoms. The fraction of sp³-hybridized carbons (Fsp3) is 0.706. The van der Waals surface area contributed by atoms with E-state index in [9.17, 15) is 22.8 Å². The first-order chi connectivity index (χ1) is 13.2. The molecule has 1 aromatic heterocycles. The largest absolute Gasteiger partial charge is 0.408 e. The number of halogens is 4. The zero-order valence-corrected chi connectivity index (χ0v) is 15.9.